The van der Waals surface area contributed by atoms with Gasteiger partial charge in [-0.05, 0) is 38.1 Å². The number of carbonyl (C=O) groups is 1. The zero-order chi connectivity index (χ0) is 19.7. The van der Waals surface area contributed by atoms with E-state index in [4.69, 9.17) is 0 Å². The Morgan fingerprint density at radius 3 is 2.59 bits per heavy atom. The maximum atomic E-state index is 12.3. The molecule has 0 bridgehead atoms. The first-order valence-corrected chi connectivity index (χ1v) is 9.26. The summed E-state index contributed by atoms with van der Waals surface area (Å²) in [6, 6.07) is 2.90. The normalized spacial score (nSPS) is 16.3. The number of pyridine rings is 1. The second kappa shape index (κ2) is 10.5. The van der Waals surface area contributed by atoms with Crippen molar-refractivity contribution in [3.05, 3.63) is 23.9 Å². The zero-order valence-electron chi connectivity index (χ0n) is 15.6. The quantitative estimate of drug-likeness (QED) is 0.657. The summed E-state index contributed by atoms with van der Waals surface area (Å²) in [5.74, 6) is -0.780. The SMILES string of the molecule is CCN1CCN(CCCCNC(=O)c2cccnc2OCC(F)(F)F)CC1. The number of alkyl halides is 3. The van der Waals surface area contributed by atoms with Crippen LogP contribution in [-0.2, 0) is 0 Å². The van der Waals surface area contributed by atoms with Crippen LogP contribution in [0.1, 0.15) is 30.1 Å². The van der Waals surface area contributed by atoms with Gasteiger partial charge in [0.2, 0.25) is 5.88 Å². The molecular formula is C18H27F3N4O2. The van der Waals surface area contributed by atoms with E-state index in [2.05, 4.69) is 31.8 Å². The van der Waals surface area contributed by atoms with E-state index in [9.17, 15) is 18.0 Å². The molecule has 1 aromatic rings. The van der Waals surface area contributed by atoms with E-state index in [0.29, 0.717) is 6.54 Å². The number of ether oxygens (including phenoxy) is 1. The van der Waals surface area contributed by atoms with Gasteiger partial charge < -0.3 is 19.9 Å². The molecule has 0 atom stereocenters. The van der Waals surface area contributed by atoms with E-state index in [0.717, 1.165) is 52.1 Å². The highest BCUT2D eigenvalue weighted by molar-refractivity contribution is 5.96. The summed E-state index contributed by atoms with van der Waals surface area (Å²) in [5.41, 5.74) is 0.0115. The van der Waals surface area contributed by atoms with Gasteiger partial charge in [0.1, 0.15) is 5.56 Å². The molecule has 2 heterocycles. The van der Waals surface area contributed by atoms with Crippen molar-refractivity contribution in [3.8, 4) is 5.88 Å². The maximum absolute atomic E-state index is 12.3. The molecule has 0 unspecified atom stereocenters. The Morgan fingerprint density at radius 2 is 1.93 bits per heavy atom. The number of likely N-dealkylation sites (N-methyl/N-ethyl adjacent to an activating group) is 1. The summed E-state index contributed by atoms with van der Waals surface area (Å²) >= 11 is 0. The van der Waals surface area contributed by atoms with Crippen LogP contribution >= 0.6 is 0 Å². The first-order valence-electron chi connectivity index (χ1n) is 9.26. The van der Waals surface area contributed by atoms with Crippen molar-refractivity contribution >= 4 is 5.91 Å². The molecule has 0 aromatic carbocycles. The summed E-state index contributed by atoms with van der Waals surface area (Å²) in [5, 5.41) is 2.72. The van der Waals surface area contributed by atoms with Gasteiger partial charge in [0.25, 0.3) is 5.91 Å². The lowest BCUT2D eigenvalue weighted by atomic mass is 10.2. The molecule has 1 aromatic heterocycles. The minimum atomic E-state index is -4.48. The molecule has 1 amide bonds. The summed E-state index contributed by atoms with van der Waals surface area (Å²) < 4.78 is 41.5. The Morgan fingerprint density at radius 1 is 1.22 bits per heavy atom. The van der Waals surface area contributed by atoms with Crippen molar-refractivity contribution in [1.82, 2.24) is 20.1 Å². The number of piperazine rings is 1. The third-order valence-electron chi connectivity index (χ3n) is 4.49. The van der Waals surface area contributed by atoms with Crippen LogP contribution in [0, 0.1) is 0 Å². The maximum Gasteiger partial charge on any atom is 0.422 e. The van der Waals surface area contributed by atoms with Gasteiger partial charge >= 0.3 is 6.18 Å². The predicted molar refractivity (Wildman–Crippen MR) is 95.9 cm³/mol. The molecule has 1 fully saturated rings. The number of rotatable bonds is 9. The van der Waals surface area contributed by atoms with Crippen LogP contribution in [0.4, 0.5) is 13.2 Å². The fraction of sp³-hybridized carbons (Fsp3) is 0.667. The molecule has 0 aliphatic carbocycles. The van der Waals surface area contributed by atoms with E-state index < -0.39 is 18.7 Å². The minimum absolute atomic E-state index is 0.0115. The lowest BCUT2D eigenvalue weighted by molar-refractivity contribution is -0.154. The predicted octanol–water partition coefficient (Wildman–Crippen LogP) is 2.17. The topological polar surface area (TPSA) is 57.7 Å². The fourth-order valence-electron chi connectivity index (χ4n) is 2.92. The molecule has 0 radical (unpaired) electrons. The molecule has 1 aliphatic rings. The number of halogens is 3. The molecule has 9 heteroatoms. The Kier molecular flexibility index (Phi) is 8.30. The monoisotopic (exact) mass is 388 g/mol. The number of nitrogens with one attached hydrogen (secondary N) is 1. The van der Waals surface area contributed by atoms with Crippen LogP contribution in [-0.4, -0.2) is 79.3 Å². The number of hydrogen-bond donors (Lipinski definition) is 1. The minimum Gasteiger partial charge on any atom is -0.467 e. The largest absolute Gasteiger partial charge is 0.467 e. The van der Waals surface area contributed by atoms with Crippen molar-refractivity contribution in [2.24, 2.45) is 0 Å². The van der Waals surface area contributed by atoms with Crippen LogP contribution in [0.5, 0.6) is 5.88 Å². The molecule has 1 aliphatic heterocycles. The lowest BCUT2D eigenvalue weighted by Crippen LogP contribution is -2.46. The third kappa shape index (κ3) is 7.72. The fourth-order valence-corrected chi connectivity index (χ4v) is 2.92. The summed E-state index contributed by atoms with van der Waals surface area (Å²) in [6.07, 6.45) is -1.43. The molecule has 2 rings (SSSR count). The average molecular weight is 388 g/mol. The number of nitrogens with zero attached hydrogens (tertiary/aromatic N) is 3. The van der Waals surface area contributed by atoms with Gasteiger partial charge in [-0.3, -0.25) is 4.79 Å². The number of unbranched alkanes of at least 4 members (excludes halogenated alkanes) is 1. The molecule has 0 spiro atoms. The van der Waals surface area contributed by atoms with Gasteiger partial charge in [-0.2, -0.15) is 13.2 Å². The number of aromatic nitrogens is 1. The first-order chi connectivity index (χ1) is 12.9. The van der Waals surface area contributed by atoms with Gasteiger partial charge in [-0.25, -0.2) is 4.98 Å². The second-order valence-corrected chi connectivity index (χ2v) is 6.50. The van der Waals surface area contributed by atoms with Crippen LogP contribution in [0.15, 0.2) is 18.3 Å². The number of amides is 1. The van der Waals surface area contributed by atoms with Gasteiger partial charge in [0.05, 0.1) is 0 Å². The third-order valence-corrected chi connectivity index (χ3v) is 4.49. The molecule has 27 heavy (non-hydrogen) atoms. The standard InChI is InChI=1S/C18H27F3N4O2/c1-2-24-10-12-25(13-11-24)9-4-3-7-22-16(26)15-6-5-8-23-17(15)27-14-18(19,20)21/h5-6,8H,2-4,7,9-14H2,1H3,(H,22,26). The molecule has 1 saturated heterocycles. The molecule has 0 saturated carbocycles. The van der Waals surface area contributed by atoms with E-state index in [1.807, 2.05) is 0 Å². The van der Waals surface area contributed by atoms with E-state index in [-0.39, 0.29) is 11.4 Å². The highest BCUT2D eigenvalue weighted by Crippen LogP contribution is 2.19. The van der Waals surface area contributed by atoms with Crippen LogP contribution in [0.2, 0.25) is 0 Å². The van der Waals surface area contributed by atoms with Gasteiger partial charge in [-0.1, -0.05) is 6.92 Å². The van der Waals surface area contributed by atoms with E-state index in [1.165, 1.54) is 18.3 Å². The zero-order valence-corrected chi connectivity index (χ0v) is 15.6. The Bertz CT molecular complexity index is 590. The molecule has 1 N–H and O–H groups in total. The second-order valence-electron chi connectivity index (χ2n) is 6.50. The van der Waals surface area contributed by atoms with Gasteiger partial charge in [0, 0.05) is 38.9 Å². The van der Waals surface area contributed by atoms with Crippen LogP contribution in [0.25, 0.3) is 0 Å². The van der Waals surface area contributed by atoms with Crippen LogP contribution < -0.4 is 10.1 Å². The van der Waals surface area contributed by atoms with Crippen molar-refractivity contribution < 1.29 is 22.7 Å². The number of hydrogen-bond acceptors (Lipinski definition) is 5. The van der Waals surface area contributed by atoms with Gasteiger partial charge in [-0.15, -0.1) is 0 Å². The number of carbonyl (C=O) groups excluding carboxylic acids is 1. The Labute approximate surface area is 157 Å². The molecule has 152 valence electrons. The van der Waals surface area contributed by atoms with Crippen molar-refractivity contribution in [1.29, 1.82) is 0 Å². The van der Waals surface area contributed by atoms with Crippen molar-refractivity contribution in [2.75, 3.05) is 52.4 Å². The summed E-state index contributed by atoms with van der Waals surface area (Å²) in [7, 11) is 0. The highest BCUT2D eigenvalue weighted by Gasteiger charge is 2.29. The average Bonchev–Trinajstić information content (AvgIpc) is 2.66. The highest BCUT2D eigenvalue weighted by atomic mass is 19.4. The smallest absolute Gasteiger partial charge is 0.422 e. The van der Waals surface area contributed by atoms with Crippen LogP contribution in [0.3, 0.4) is 0 Å². The Balaban J connectivity index is 1.69. The van der Waals surface area contributed by atoms with Crippen molar-refractivity contribution in [2.45, 2.75) is 25.9 Å². The Hall–Kier alpha value is -1.87. The lowest BCUT2D eigenvalue weighted by Gasteiger charge is -2.33. The van der Waals surface area contributed by atoms with E-state index in [1.54, 1.807) is 0 Å². The van der Waals surface area contributed by atoms with Crippen molar-refractivity contribution in [3.63, 3.8) is 0 Å². The molecule has 6 nitrogen and oxygen atoms in total. The summed E-state index contributed by atoms with van der Waals surface area (Å²) in [4.78, 5) is 20.8. The molecular weight excluding hydrogens is 361 g/mol. The van der Waals surface area contributed by atoms with Gasteiger partial charge in [0.15, 0.2) is 6.61 Å². The van der Waals surface area contributed by atoms with E-state index >= 15 is 0 Å². The first kappa shape index (κ1) is 21.4. The summed E-state index contributed by atoms with van der Waals surface area (Å²) in [6.45, 7) is 7.54.